The van der Waals surface area contributed by atoms with Gasteiger partial charge >= 0.3 is 6.18 Å². The molecule has 2 aliphatic rings. The molecule has 116 valence electrons. The molecule has 0 radical (unpaired) electrons. The van der Waals surface area contributed by atoms with E-state index in [4.69, 9.17) is 5.11 Å². The van der Waals surface area contributed by atoms with Crippen molar-refractivity contribution >= 4 is 5.91 Å². The molecule has 3 nitrogen and oxygen atoms in total. The maximum Gasteiger partial charge on any atom is 0.416 e. The molecule has 2 rings (SSSR count). The topological polar surface area (TPSA) is 49.3 Å². The van der Waals surface area contributed by atoms with E-state index in [0.29, 0.717) is 11.8 Å². The van der Waals surface area contributed by atoms with Gasteiger partial charge in [0.15, 0.2) is 6.10 Å². The maximum atomic E-state index is 12.2. The Hall–Kier alpha value is -0.780. The third kappa shape index (κ3) is 3.87. The zero-order valence-electron chi connectivity index (χ0n) is 11.5. The van der Waals surface area contributed by atoms with Gasteiger partial charge < -0.3 is 10.4 Å². The van der Waals surface area contributed by atoms with Gasteiger partial charge in [-0.2, -0.15) is 13.2 Å². The fraction of sp³-hybridized carbons (Fsp3) is 0.929. The van der Waals surface area contributed by atoms with Gasteiger partial charge in [0.25, 0.3) is 0 Å². The van der Waals surface area contributed by atoms with Crippen molar-refractivity contribution in [3.05, 3.63) is 0 Å². The molecule has 1 amide bonds. The average Bonchev–Trinajstić information content (AvgIpc) is 2.42. The number of alkyl halides is 3. The molecule has 0 aliphatic heterocycles. The van der Waals surface area contributed by atoms with E-state index >= 15 is 0 Å². The van der Waals surface area contributed by atoms with Crippen LogP contribution in [-0.2, 0) is 4.79 Å². The van der Waals surface area contributed by atoms with Crippen molar-refractivity contribution in [1.82, 2.24) is 5.32 Å². The van der Waals surface area contributed by atoms with E-state index < -0.39 is 18.8 Å². The Morgan fingerprint density at radius 3 is 2.45 bits per heavy atom. The van der Waals surface area contributed by atoms with E-state index in [1.165, 1.54) is 19.3 Å². The van der Waals surface area contributed by atoms with Gasteiger partial charge in [-0.1, -0.05) is 25.7 Å². The second-order valence-corrected chi connectivity index (χ2v) is 6.12. The number of fused-ring (bicyclic) bond motifs is 1. The zero-order chi connectivity index (χ0) is 14.8. The highest BCUT2D eigenvalue weighted by Crippen LogP contribution is 2.42. The molecule has 4 unspecified atom stereocenters. The van der Waals surface area contributed by atoms with Crippen molar-refractivity contribution in [2.45, 2.75) is 57.2 Å². The molecule has 0 aromatic rings. The Bertz CT molecular complexity index is 346. The molecular weight excluding hydrogens is 271 g/mol. The summed E-state index contributed by atoms with van der Waals surface area (Å²) in [7, 11) is 0. The molecule has 2 saturated carbocycles. The number of rotatable bonds is 3. The monoisotopic (exact) mass is 293 g/mol. The highest BCUT2D eigenvalue weighted by atomic mass is 19.4. The first-order chi connectivity index (χ1) is 9.38. The number of carbonyl (C=O) groups excluding carboxylic acids is 1. The number of aliphatic hydroxyl groups excluding tert-OH is 1. The predicted molar refractivity (Wildman–Crippen MR) is 67.9 cm³/mol. The summed E-state index contributed by atoms with van der Waals surface area (Å²) in [5.41, 5.74) is 0. The third-order valence-corrected chi connectivity index (χ3v) is 4.76. The number of amides is 1. The van der Waals surface area contributed by atoms with Gasteiger partial charge in [0, 0.05) is 5.92 Å². The van der Waals surface area contributed by atoms with E-state index in [0.717, 1.165) is 25.7 Å². The number of nitrogens with one attached hydrogen (secondary N) is 1. The molecule has 2 N–H and O–H groups in total. The van der Waals surface area contributed by atoms with Crippen LogP contribution in [0.5, 0.6) is 0 Å². The lowest BCUT2D eigenvalue weighted by Crippen LogP contribution is -2.44. The van der Waals surface area contributed by atoms with Crippen LogP contribution in [0.4, 0.5) is 13.2 Å². The summed E-state index contributed by atoms with van der Waals surface area (Å²) >= 11 is 0. The zero-order valence-corrected chi connectivity index (χ0v) is 11.5. The van der Waals surface area contributed by atoms with E-state index in [1.807, 2.05) is 0 Å². The molecule has 0 aromatic carbocycles. The van der Waals surface area contributed by atoms with E-state index in [-0.39, 0.29) is 11.8 Å². The Kier molecular flexibility index (Phi) is 4.94. The average molecular weight is 293 g/mol. The van der Waals surface area contributed by atoms with Gasteiger partial charge in [-0.25, -0.2) is 0 Å². The number of halogens is 3. The highest BCUT2D eigenvalue weighted by Gasteiger charge is 2.39. The Balaban J connectivity index is 1.78. The molecule has 0 bridgehead atoms. The van der Waals surface area contributed by atoms with Crippen LogP contribution < -0.4 is 5.32 Å². The molecule has 0 heterocycles. The van der Waals surface area contributed by atoms with Gasteiger partial charge in [-0.15, -0.1) is 0 Å². The number of hydrogen-bond acceptors (Lipinski definition) is 2. The van der Waals surface area contributed by atoms with Crippen LogP contribution in [0.15, 0.2) is 0 Å². The Labute approximate surface area is 116 Å². The highest BCUT2D eigenvalue weighted by molar-refractivity contribution is 5.78. The minimum atomic E-state index is -4.67. The fourth-order valence-corrected chi connectivity index (χ4v) is 3.57. The van der Waals surface area contributed by atoms with Gasteiger partial charge in [-0.05, 0) is 31.1 Å². The van der Waals surface area contributed by atoms with Gasteiger partial charge in [0.05, 0.1) is 6.54 Å². The first-order valence-electron chi connectivity index (χ1n) is 7.40. The van der Waals surface area contributed by atoms with Gasteiger partial charge in [0.1, 0.15) is 0 Å². The SMILES string of the molecule is O=C(NCC(O)C(F)(F)F)C1CCC2CCCCC2C1. The normalized spacial score (nSPS) is 32.3. The number of carbonyl (C=O) groups is 1. The van der Waals surface area contributed by atoms with E-state index in [9.17, 15) is 18.0 Å². The summed E-state index contributed by atoms with van der Waals surface area (Å²) in [6, 6.07) is 0. The lowest BCUT2D eigenvalue weighted by atomic mass is 9.67. The van der Waals surface area contributed by atoms with Gasteiger partial charge in [-0.3, -0.25) is 4.79 Å². The van der Waals surface area contributed by atoms with Crippen molar-refractivity contribution in [3.63, 3.8) is 0 Å². The minimum Gasteiger partial charge on any atom is -0.382 e. The molecule has 4 atom stereocenters. The van der Waals surface area contributed by atoms with Crippen LogP contribution >= 0.6 is 0 Å². The second-order valence-electron chi connectivity index (χ2n) is 6.12. The van der Waals surface area contributed by atoms with Crippen molar-refractivity contribution in [2.24, 2.45) is 17.8 Å². The van der Waals surface area contributed by atoms with Crippen LogP contribution in [0.3, 0.4) is 0 Å². The summed E-state index contributed by atoms with van der Waals surface area (Å²) in [6.45, 7) is -0.743. The predicted octanol–water partition coefficient (Wildman–Crippen LogP) is 2.63. The lowest BCUT2D eigenvalue weighted by molar-refractivity contribution is -0.202. The minimum absolute atomic E-state index is 0.185. The van der Waals surface area contributed by atoms with Crippen molar-refractivity contribution in [1.29, 1.82) is 0 Å². The fourth-order valence-electron chi connectivity index (χ4n) is 3.57. The third-order valence-electron chi connectivity index (χ3n) is 4.76. The number of hydrogen-bond donors (Lipinski definition) is 2. The Morgan fingerprint density at radius 1 is 1.15 bits per heavy atom. The summed E-state index contributed by atoms with van der Waals surface area (Å²) in [6.07, 6.45) is 0.230. The molecular formula is C14H22F3NO2. The Morgan fingerprint density at radius 2 is 1.80 bits per heavy atom. The van der Waals surface area contributed by atoms with E-state index in [1.54, 1.807) is 0 Å². The van der Waals surface area contributed by atoms with Crippen LogP contribution in [0, 0.1) is 17.8 Å². The largest absolute Gasteiger partial charge is 0.416 e. The molecule has 2 aliphatic carbocycles. The first-order valence-corrected chi connectivity index (χ1v) is 7.40. The molecule has 20 heavy (non-hydrogen) atoms. The summed E-state index contributed by atoms with van der Waals surface area (Å²) in [5.74, 6) is 0.737. The smallest absolute Gasteiger partial charge is 0.382 e. The van der Waals surface area contributed by atoms with Crippen molar-refractivity contribution in [2.75, 3.05) is 6.54 Å². The van der Waals surface area contributed by atoms with Gasteiger partial charge in [0.2, 0.25) is 5.91 Å². The van der Waals surface area contributed by atoms with Crippen LogP contribution in [0.2, 0.25) is 0 Å². The quantitative estimate of drug-likeness (QED) is 0.840. The van der Waals surface area contributed by atoms with Crippen molar-refractivity contribution < 1.29 is 23.1 Å². The molecule has 0 spiro atoms. The summed E-state index contributed by atoms with van der Waals surface area (Å²) in [5, 5.41) is 11.1. The molecule has 2 fully saturated rings. The van der Waals surface area contributed by atoms with E-state index in [2.05, 4.69) is 5.32 Å². The molecule has 6 heteroatoms. The van der Waals surface area contributed by atoms with Crippen LogP contribution in [0.25, 0.3) is 0 Å². The maximum absolute atomic E-state index is 12.2. The number of aliphatic hydroxyl groups is 1. The standard InChI is InChI=1S/C14H22F3NO2/c15-14(16,17)12(19)8-18-13(20)11-6-5-9-3-1-2-4-10(9)7-11/h9-12,19H,1-8H2,(H,18,20). The first kappa shape index (κ1) is 15.6. The molecule has 0 saturated heterocycles. The summed E-state index contributed by atoms with van der Waals surface area (Å²) in [4.78, 5) is 11.9. The summed E-state index contributed by atoms with van der Waals surface area (Å²) < 4.78 is 36.5. The van der Waals surface area contributed by atoms with Crippen LogP contribution in [0.1, 0.15) is 44.9 Å². The molecule has 0 aromatic heterocycles. The van der Waals surface area contributed by atoms with Crippen molar-refractivity contribution in [3.8, 4) is 0 Å². The lowest BCUT2D eigenvalue weighted by Gasteiger charge is -2.38. The van der Waals surface area contributed by atoms with Crippen LogP contribution in [-0.4, -0.2) is 29.8 Å². The second kappa shape index (κ2) is 6.33.